The molecule has 40 heavy (non-hydrogen) atoms. The van der Waals surface area contributed by atoms with E-state index in [4.69, 9.17) is 24.2 Å². The van der Waals surface area contributed by atoms with Crippen molar-refractivity contribution in [3.63, 3.8) is 0 Å². The van der Waals surface area contributed by atoms with E-state index in [0.717, 1.165) is 17.0 Å². The number of aryl methyl sites for hydroxylation is 2. The van der Waals surface area contributed by atoms with E-state index in [1.54, 1.807) is 6.26 Å². The molecule has 0 spiro atoms. The van der Waals surface area contributed by atoms with Crippen molar-refractivity contribution < 1.29 is 29.3 Å². The Labute approximate surface area is 232 Å². The molecule has 1 atom stereocenters. The second kappa shape index (κ2) is 12.9. The van der Waals surface area contributed by atoms with Crippen LogP contribution in [0, 0.1) is 13.8 Å². The summed E-state index contributed by atoms with van der Waals surface area (Å²) in [7, 11) is 0. The van der Waals surface area contributed by atoms with E-state index in [1.165, 1.54) is 33.2 Å². The number of rotatable bonds is 8. The van der Waals surface area contributed by atoms with E-state index < -0.39 is 18.0 Å². The number of carbonyl (C=O) groups is 2. The van der Waals surface area contributed by atoms with Crippen molar-refractivity contribution in [1.82, 2.24) is 9.88 Å². The molecule has 0 aliphatic carbocycles. The normalized spacial score (nSPS) is 11.6. The van der Waals surface area contributed by atoms with E-state index >= 15 is 0 Å². The van der Waals surface area contributed by atoms with Crippen LogP contribution < -0.4 is 5.32 Å². The Kier molecular flexibility index (Phi) is 9.16. The molecular weight excluding hydrogens is 508 g/mol. The number of carboxylic acid groups (broad SMARTS) is 2. The minimum Gasteiger partial charge on any atom is -0.473 e. The molecule has 8 nitrogen and oxygen atoms in total. The van der Waals surface area contributed by atoms with E-state index in [2.05, 4.69) is 90.5 Å². The number of aliphatic hydroxyl groups is 1. The van der Waals surface area contributed by atoms with E-state index in [-0.39, 0.29) is 0 Å². The smallest absolute Gasteiger partial charge is 0.414 e. The fourth-order valence-electron chi connectivity index (χ4n) is 4.91. The van der Waals surface area contributed by atoms with Gasteiger partial charge >= 0.3 is 11.9 Å². The number of aromatic nitrogens is 1. The van der Waals surface area contributed by atoms with E-state index in [0.29, 0.717) is 19.6 Å². The third-order valence-electron chi connectivity index (χ3n) is 6.44. The molecule has 0 fully saturated rings. The van der Waals surface area contributed by atoms with Gasteiger partial charge in [-0.15, -0.1) is 0 Å². The van der Waals surface area contributed by atoms with Crippen LogP contribution in [0.2, 0.25) is 0 Å². The van der Waals surface area contributed by atoms with Crippen LogP contribution in [0.4, 0.5) is 0 Å². The number of nitrogens with one attached hydrogen (secondary N) is 1. The standard InChI is InChI=1S/C30H30N2O2.C2H2O4/c1-21-16-22(2)29-27(17-21)28(23-10-5-3-6-11-23)30(24-12-7-4-8-13-24)32(29)20-25(33)18-31-19-26-14-9-15-34-26;3-1(4)2(5)6/h3-17,25,31,33H,18-20H2,1-2H3;(H,3,4)(H,5,6)/t25-;/m0./s1. The monoisotopic (exact) mass is 540 g/mol. The van der Waals surface area contributed by atoms with Gasteiger partial charge in [-0.25, -0.2) is 9.59 Å². The Balaban J connectivity index is 0.000000557. The molecule has 0 aliphatic rings. The summed E-state index contributed by atoms with van der Waals surface area (Å²) in [5.74, 6) is -2.79. The predicted molar refractivity (Wildman–Crippen MR) is 154 cm³/mol. The quantitative estimate of drug-likeness (QED) is 0.192. The van der Waals surface area contributed by atoms with Gasteiger partial charge in [-0.2, -0.15) is 0 Å². The lowest BCUT2D eigenvalue weighted by atomic mass is 9.97. The molecule has 0 radical (unpaired) electrons. The molecule has 5 rings (SSSR count). The second-order valence-electron chi connectivity index (χ2n) is 9.52. The maximum Gasteiger partial charge on any atom is 0.414 e. The third kappa shape index (κ3) is 6.66. The van der Waals surface area contributed by atoms with Crippen molar-refractivity contribution in [1.29, 1.82) is 0 Å². The molecule has 3 aromatic carbocycles. The molecular formula is C32H32N2O6. The van der Waals surface area contributed by atoms with Crippen LogP contribution in [0.5, 0.6) is 0 Å². The average Bonchev–Trinajstić information content (AvgIpc) is 3.56. The SMILES string of the molecule is Cc1cc(C)c2c(c1)c(-c1ccccc1)c(-c1ccccc1)n2C[C@@H](O)CNCc1ccco1.O=C(O)C(=O)O. The number of aliphatic hydroxyl groups excluding tert-OH is 1. The molecule has 2 heterocycles. The fraction of sp³-hybridized carbons (Fsp3) is 0.188. The van der Waals surface area contributed by atoms with Gasteiger partial charge in [-0.3, -0.25) is 0 Å². The molecule has 0 saturated heterocycles. The summed E-state index contributed by atoms with van der Waals surface area (Å²) in [5.41, 5.74) is 8.30. The molecule has 0 saturated carbocycles. The van der Waals surface area contributed by atoms with Gasteiger partial charge in [-0.1, -0.05) is 72.3 Å². The lowest BCUT2D eigenvalue weighted by molar-refractivity contribution is -0.159. The first-order chi connectivity index (χ1) is 19.3. The lowest BCUT2D eigenvalue weighted by Crippen LogP contribution is -2.30. The van der Waals surface area contributed by atoms with Gasteiger partial charge in [0, 0.05) is 17.5 Å². The zero-order valence-corrected chi connectivity index (χ0v) is 22.4. The van der Waals surface area contributed by atoms with Gasteiger partial charge < -0.3 is 29.6 Å². The molecule has 0 unspecified atom stereocenters. The van der Waals surface area contributed by atoms with Crippen LogP contribution in [-0.2, 0) is 22.7 Å². The van der Waals surface area contributed by atoms with Crippen LogP contribution in [0.3, 0.4) is 0 Å². The molecule has 8 heteroatoms. The topological polar surface area (TPSA) is 125 Å². The number of carboxylic acids is 2. The van der Waals surface area contributed by atoms with Gasteiger partial charge in [0.1, 0.15) is 5.76 Å². The summed E-state index contributed by atoms with van der Waals surface area (Å²) in [6, 6.07) is 29.4. The first-order valence-electron chi connectivity index (χ1n) is 12.9. The number of benzene rings is 3. The minimum atomic E-state index is -1.82. The van der Waals surface area contributed by atoms with Gasteiger partial charge in [0.05, 0.1) is 36.7 Å². The third-order valence-corrected chi connectivity index (χ3v) is 6.44. The summed E-state index contributed by atoms with van der Waals surface area (Å²) in [6.45, 7) is 5.86. The predicted octanol–water partition coefficient (Wildman–Crippen LogP) is 5.49. The van der Waals surface area contributed by atoms with Crippen molar-refractivity contribution in [2.24, 2.45) is 0 Å². The Morgan fingerprint density at radius 1 is 0.875 bits per heavy atom. The highest BCUT2D eigenvalue weighted by atomic mass is 16.4. The minimum absolute atomic E-state index is 0.472. The number of fused-ring (bicyclic) bond motifs is 1. The first kappa shape index (κ1) is 28.4. The Bertz CT molecular complexity index is 1560. The second-order valence-corrected chi connectivity index (χ2v) is 9.52. The zero-order valence-electron chi connectivity index (χ0n) is 22.4. The maximum atomic E-state index is 11.1. The molecule has 5 aromatic rings. The van der Waals surface area contributed by atoms with Crippen molar-refractivity contribution >= 4 is 22.8 Å². The Hall–Kier alpha value is -4.66. The van der Waals surface area contributed by atoms with Gasteiger partial charge in [0.25, 0.3) is 0 Å². The highest BCUT2D eigenvalue weighted by Gasteiger charge is 2.23. The lowest BCUT2D eigenvalue weighted by Gasteiger charge is -2.18. The van der Waals surface area contributed by atoms with Crippen LogP contribution in [0.25, 0.3) is 33.3 Å². The molecule has 206 valence electrons. The van der Waals surface area contributed by atoms with Crippen LogP contribution >= 0.6 is 0 Å². The first-order valence-corrected chi connectivity index (χ1v) is 12.9. The van der Waals surface area contributed by atoms with Gasteiger partial charge in [0.2, 0.25) is 0 Å². The highest BCUT2D eigenvalue weighted by Crippen LogP contribution is 2.42. The molecule has 4 N–H and O–H groups in total. The summed E-state index contributed by atoms with van der Waals surface area (Å²) >= 11 is 0. The van der Waals surface area contributed by atoms with Crippen LogP contribution in [-0.4, -0.2) is 44.5 Å². The fourth-order valence-corrected chi connectivity index (χ4v) is 4.91. The Morgan fingerprint density at radius 3 is 2.08 bits per heavy atom. The molecule has 2 aromatic heterocycles. The van der Waals surface area contributed by atoms with Crippen LogP contribution in [0.15, 0.2) is 95.6 Å². The summed E-state index contributed by atoms with van der Waals surface area (Å²) in [6.07, 6.45) is 1.11. The number of hydrogen-bond donors (Lipinski definition) is 4. The molecule has 0 aliphatic heterocycles. The Morgan fingerprint density at radius 2 is 1.50 bits per heavy atom. The van der Waals surface area contributed by atoms with Crippen molar-refractivity contribution in [2.75, 3.05) is 6.54 Å². The van der Waals surface area contributed by atoms with Crippen molar-refractivity contribution in [3.8, 4) is 22.4 Å². The van der Waals surface area contributed by atoms with Crippen LogP contribution in [0.1, 0.15) is 16.9 Å². The van der Waals surface area contributed by atoms with E-state index in [9.17, 15) is 5.11 Å². The molecule has 0 amide bonds. The summed E-state index contributed by atoms with van der Waals surface area (Å²) < 4.78 is 7.70. The number of aliphatic carboxylic acids is 2. The highest BCUT2D eigenvalue weighted by molar-refractivity contribution is 6.27. The van der Waals surface area contributed by atoms with Crippen molar-refractivity contribution in [2.45, 2.75) is 33.0 Å². The maximum absolute atomic E-state index is 11.1. The number of nitrogens with zero attached hydrogens (tertiary/aromatic N) is 1. The van der Waals surface area contributed by atoms with E-state index in [1.807, 2.05) is 18.2 Å². The number of hydrogen-bond acceptors (Lipinski definition) is 5. The number of furan rings is 1. The average molecular weight is 541 g/mol. The van der Waals surface area contributed by atoms with Gasteiger partial charge in [-0.05, 0) is 48.7 Å². The zero-order chi connectivity index (χ0) is 28.6. The summed E-state index contributed by atoms with van der Waals surface area (Å²) in [5, 5.41) is 30.4. The van der Waals surface area contributed by atoms with Crippen molar-refractivity contribution in [3.05, 3.63) is 108 Å². The largest absolute Gasteiger partial charge is 0.473 e. The summed E-state index contributed by atoms with van der Waals surface area (Å²) in [4.78, 5) is 18.2. The molecule has 0 bridgehead atoms. The van der Waals surface area contributed by atoms with Gasteiger partial charge in [0.15, 0.2) is 0 Å².